The van der Waals surface area contributed by atoms with Crippen LogP contribution in [0.4, 0.5) is 5.95 Å². The van der Waals surface area contributed by atoms with E-state index in [1.54, 1.807) is 0 Å². The van der Waals surface area contributed by atoms with Crippen molar-refractivity contribution in [3.8, 4) is 0 Å². The van der Waals surface area contributed by atoms with Gasteiger partial charge in [-0.15, -0.1) is 0 Å². The van der Waals surface area contributed by atoms with Gasteiger partial charge in [0, 0.05) is 17.5 Å². The average molecular weight is 262 g/mol. The lowest BCUT2D eigenvalue weighted by Gasteiger charge is -2.14. The van der Waals surface area contributed by atoms with Gasteiger partial charge in [-0.25, -0.2) is 9.97 Å². The lowest BCUT2D eigenvalue weighted by molar-refractivity contribution is 0.537. The van der Waals surface area contributed by atoms with Gasteiger partial charge in [0.2, 0.25) is 5.95 Å². The second kappa shape index (κ2) is 4.46. The fourth-order valence-electron chi connectivity index (χ4n) is 2.85. The first-order valence-electron chi connectivity index (χ1n) is 6.32. The molecule has 0 aliphatic heterocycles. The zero-order valence-electron chi connectivity index (χ0n) is 10.8. The van der Waals surface area contributed by atoms with Gasteiger partial charge in [0.1, 0.15) is 5.52 Å². The maximum Gasteiger partial charge on any atom is 0.202 e. The predicted molar refractivity (Wildman–Crippen MR) is 76.9 cm³/mol. The summed E-state index contributed by atoms with van der Waals surface area (Å²) >= 11 is 1.95. The van der Waals surface area contributed by atoms with Crippen molar-refractivity contribution < 1.29 is 0 Å². The number of aromatic nitrogens is 3. The minimum atomic E-state index is 0.460. The van der Waals surface area contributed by atoms with E-state index < -0.39 is 0 Å². The molecular formula is C13H18N4S. The summed E-state index contributed by atoms with van der Waals surface area (Å²) in [6.07, 6.45) is 7.64. The zero-order valence-corrected chi connectivity index (χ0v) is 11.6. The van der Waals surface area contributed by atoms with Crippen molar-refractivity contribution >= 4 is 28.9 Å². The van der Waals surface area contributed by atoms with Crippen LogP contribution in [0.2, 0.25) is 0 Å². The third-order valence-corrected chi connectivity index (χ3v) is 4.96. The summed E-state index contributed by atoms with van der Waals surface area (Å²) in [4.78, 5) is 8.95. The molecule has 0 amide bonds. The Bertz CT molecular complexity index is 578. The molecule has 0 radical (unpaired) electrons. The number of nitrogen functional groups attached to an aromatic ring is 1. The number of imidazole rings is 1. The molecule has 2 aromatic rings. The highest BCUT2D eigenvalue weighted by atomic mass is 32.2. The molecule has 2 N–H and O–H groups in total. The number of aryl methyl sites for hydroxylation is 1. The molecule has 1 fully saturated rings. The number of nitrogens with two attached hydrogens (primary N) is 1. The molecule has 2 unspecified atom stereocenters. The fourth-order valence-corrected chi connectivity index (χ4v) is 3.64. The summed E-state index contributed by atoms with van der Waals surface area (Å²) in [6, 6.07) is 2.44. The summed E-state index contributed by atoms with van der Waals surface area (Å²) < 4.78 is 2.14. The van der Waals surface area contributed by atoms with Crippen molar-refractivity contribution in [2.24, 2.45) is 0 Å². The van der Waals surface area contributed by atoms with E-state index >= 15 is 0 Å². The summed E-state index contributed by atoms with van der Waals surface area (Å²) in [5.74, 6) is 0.610. The third-order valence-electron chi connectivity index (χ3n) is 3.86. The smallest absolute Gasteiger partial charge is 0.202 e. The monoisotopic (exact) mass is 262 g/mol. The normalized spacial score (nSPS) is 23.9. The van der Waals surface area contributed by atoms with E-state index in [1.807, 2.05) is 24.0 Å². The number of rotatable bonds is 2. The van der Waals surface area contributed by atoms with Crippen LogP contribution in [0, 0.1) is 6.92 Å². The van der Waals surface area contributed by atoms with Crippen LogP contribution in [0.1, 0.15) is 30.9 Å². The van der Waals surface area contributed by atoms with Crippen LogP contribution in [0.5, 0.6) is 0 Å². The summed E-state index contributed by atoms with van der Waals surface area (Å²) in [7, 11) is 0. The molecule has 4 nitrogen and oxygen atoms in total. The van der Waals surface area contributed by atoms with Crippen LogP contribution in [-0.2, 0) is 0 Å². The van der Waals surface area contributed by atoms with Gasteiger partial charge in [0.25, 0.3) is 0 Å². The Kier molecular flexibility index (Phi) is 2.93. The van der Waals surface area contributed by atoms with E-state index in [2.05, 4.69) is 27.7 Å². The van der Waals surface area contributed by atoms with Gasteiger partial charge >= 0.3 is 0 Å². The van der Waals surface area contributed by atoms with E-state index in [-0.39, 0.29) is 0 Å². The van der Waals surface area contributed by atoms with Crippen molar-refractivity contribution in [3.05, 3.63) is 17.8 Å². The molecule has 1 saturated carbocycles. The van der Waals surface area contributed by atoms with Crippen molar-refractivity contribution in [1.29, 1.82) is 0 Å². The van der Waals surface area contributed by atoms with Crippen molar-refractivity contribution in [2.45, 2.75) is 37.5 Å². The van der Waals surface area contributed by atoms with Gasteiger partial charge in [-0.1, -0.05) is 0 Å². The Morgan fingerprint density at radius 3 is 3.00 bits per heavy atom. The molecular weight excluding hydrogens is 244 g/mol. The molecule has 0 bridgehead atoms. The molecule has 18 heavy (non-hydrogen) atoms. The topological polar surface area (TPSA) is 56.7 Å². The zero-order chi connectivity index (χ0) is 12.7. The lowest BCUT2D eigenvalue weighted by atomic mass is 10.2. The van der Waals surface area contributed by atoms with Gasteiger partial charge in [-0.05, 0) is 44.1 Å². The number of hydrogen-bond donors (Lipinski definition) is 1. The maximum absolute atomic E-state index is 6.09. The molecule has 0 spiro atoms. The molecule has 5 heteroatoms. The summed E-state index contributed by atoms with van der Waals surface area (Å²) in [6.45, 7) is 2.06. The number of nitrogens with zero attached hydrogens (tertiary/aromatic N) is 3. The Balaban J connectivity index is 2.07. The Morgan fingerprint density at radius 2 is 2.28 bits per heavy atom. The maximum atomic E-state index is 6.09. The highest BCUT2D eigenvalue weighted by molar-refractivity contribution is 7.99. The molecule has 3 rings (SSSR count). The van der Waals surface area contributed by atoms with E-state index in [4.69, 9.17) is 5.73 Å². The average Bonchev–Trinajstić information content (AvgIpc) is 2.93. The minimum absolute atomic E-state index is 0.460. The standard InChI is InChI=1S/C13H18N4S/c1-8-5-6-15-12-11(8)16-13(14)17(12)9-3-4-10(7-9)18-2/h5-6,9-10H,3-4,7H2,1-2H3,(H2,14,16). The minimum Gasteiger partial charge on any atom is -0.369 e. The Labute approximate surface area is 111 Å². The number of anilines is 1. The predicted octanol–water partition coefficient (Wildman–Crippen LogP) is 2.78. The SMILES string of the molecule is CSC1CCC(n2c(N)nc3c(C)ccnc32)C1. The fraction of sp³-hybridized carbons (Fsp3) is 0.538. The second-order valence-electron chi connectivity index (χ2n) is 4.96. The molecule has 2 atom stereocenters. The van der Waals surface area contributed by atoms with E-state index in [0.29, 0.717) is 12.0 Å². The van der Waals surface area contributed by atoms with Crippen molar-refractivity contribution in [3.63, 3.8) is 0 Å². The Hall–Kier alpha value is -1.23. The quantitative estimate of drug-likeness (QED) is 0.904. The molecule has 0 saturated heterocycles. The lowest BCUT2D eigenvalue weighted by Crippen LogP contribution is -2.10. The summed E-state index contributed by atoms with van der Waals surface area (Å²) in [5, 5.41) is 0.747. The van der Waals surface area contributed by atoms with Crippen LogP contribution in [0.25, 0.3) is 11.2 Å². The van der Waals surface area contributed by atoms with Crippen LogP contribution in [-0.4, -0.2) is 26.0 Å². The largest absolute Gasteiger partial charge is 0.369 e. The summed E-state index contributed by atoms with van der Waals surface area (Å²) in [5.41, 5.74) is 9.13. The molecule has 2 heterocycles. The molecule has 96 valence electrons. The van der Waals surface area contributed by atoms with Crippen molar-refractivity contribution in [1.82, 2.24) is 14.5 Å². The first kappa shape index (κ1) is 11.8. The third kappa shape index (κ3) is 1.77. The van der Waals surface area contributed by atoms with Crippen molar-refractivity contribution in [2.75, 3.05) is 12.0 Å². The van der Waals surface area contributed by atoms with E-state index in [0.717, 1.165) is 22.0 Å². The molecule has 2 aromatic heterocycles. The second-order valence-corrected chi connectivity index (χ2v) is 6.10. The van der Waals surface area contributed by atoms with Gasteiger partial charge in [0.05, 0.1) is 0 Å². The van der Waals surface area contributed by atoms with Gasteiger partial charge in [-0.2, -0.15) is 11.8 Å². The number of fused-ring (bicyclic) bond motifs is 1. The van der Waals surface area contributed by atoms with Crippen LogP contribution in [0.3, 0.4) is 0 Å². The van der Waals surface area contributed by atoms with Crippen LogP contribution in [0.15, 0.2) is 12.3 Å². The molecule has 1 aliphatic rings. The number of pyridine rings is 1. The number of thioether (sulfide) groups is 1. The van der Waals surface area contributed by atoms with E-state index in [9.17, 15) is 0 Å². The highest BCUT2D eigenvalue weighted by Gasteiger charge is 2.28. The molecule has 0 aromatic carbocycles. The van der Waals surface area contributed by atoms with Gasteiger partial charge < -0.3 is 5.73 Å². The first-order chi connectivity index (χ1) is 8.70. The number of hydrogen-bond acceptors (Lipinski definition) is 4. The van der Waals surface area contributed by atoms with Gasteiger partial charge in [-0.3, -0.25) is 4.57 Å². The first-order valence-corrected chi connectivity index (χ1v) is 7.61. The van der Waals surface area contributed by atoms with Crippen LogP contribution < -0.4 is 5.73 Å². The van der Waals surface area contributed by atoms with E-state index in [1.165, 1.54) is 19.3 Å². The van der Waals surface area contributed by atoms with Crippen LogP contribution >= 0.6 is 11.8 Å². The van der Waals surface area contributed by atoms with Gasteiger partial charge in [0.15, 0.2) is 5.65 Å². The Morgan fingerprint density at radius 1 is 1.44 bits per heavy atom. The highest BCUT2D eigenvalue weighted by Crippen LogP contribution is 2.38. The molecule has 1 aliphatic carbocycles.